The third kappa shape index (κ3) is 12.6. The minimum Gasteiger partial charge on any atom is -0.459 e. The normalized spacial score (nSPS) is 12.1. The topological polar surface area (TPSA) is 155 Å². The zero-order chi connectivity index (χ0) is 36.0. The highest BCUT2D eigenvalue weighted by Crippen LogP contribution is 2.23. The molecule has 0 spiro atoms. The van der Waals surface area contributed by atoms with Crippen LogP contribution >= 0.6 is 28.6 Å². The molecule has 4 amide bonds. The first-order chi connectivity index (χ1) is 22.7. The summed E-state index contributed by atoms with van der Waals surface area (Å²) >= 11 is 7.33. The Morgan fingerprint density at radius 1 is 0.833 bits per heavy atom. The molecule has 19 heteroatoms. The monoisotopic (exact) mass is 769 g/mol. The van der Waals surface area contributed by atoms with Gasteiger partial charge in [0.05, 0.1) is 5.56 Å². The minimum atomic E-state index is -2.38. The van der Waals surface area contributed by atoms with Crippen molar-refractivity contribution in [3.05, 3.63) is 69.0 Å². The number of esters is 1. The Hall–Kier alpha value is -3.97. The van der Waals surface area contributed by atoms with Gasteiger partial charge in [0.25, 0.3) is 0 Å². The Morgan fingerprint density at radius 3 is 2.04 bits per heavy atom. The van der Waals surface area contributed by atoms with Crippen LogP contribution in [0.4, 0.5) is 26.7 Å². The number of halogens is 6. The van der Waals surface area contributed by atoms with E-state index in [2.05, 4.69) is 54.6 Å². The first-order valence-electron chi connectivity index (χ1n) is 14.1. The van der Waals surface area contributed by atoms with E-state index in [1.807, 2.05) is 4.90 Å². The van der Waals surface area contributed by atoms with Crippen LogP contribution in [0.15, 0.2) is 28.7 Å². The van der Waals surface area contributed by atoms with Crippen molar-refractivity contribution in [2.75, 3.05) is 39.5 Å². The molecule has 0 fully saturated rings. The molecule has 0 heterocycles. The third-order valence-corrected chi connectivity index (χ3v) is 7.50. The van der Waals surface area contributed by atoms with Gasteiger partial charge >= 0.3 is 12.1 Å². The Balaban J connectivity index is 1.91. The minimum absolute atomic E-state index is 0.105. The van der Waals surface area contributed by atoms with Crippen molar-refractivity contribution >= 4 is 58.3 Å². The average molecular weight is 771 g/mol. The van der Waals surface area contributed by atoms with Crippen LogP contribution in [0.3, 0.4) is 0 Å². The summed E-state index contributed by atoms with van der Waals surface area (Å²) in [7, 11) is 3.59. The van der Waals surface area contributed by atoms with E-state index in [0.717, 1.165) is 0 Å². The molecular weight excluding hydrogens is 737 g/mol. The van der Waals surface area contributed by atoms with Gasteiger partial charge < -0.3 is 35.6 Å². The highest BCUT2D eigenvalue weighted by Gasteiger charge is 2.27. The summed E-state index contributed by atoms with van der Waals surface area (Å²) in [5.41, 5.74) is -0.715. The number of carbonyl (C=O) groups excluding carboxylic acids is 5. The maximum absolute atomic E-state index is 13.8. The summed E-state index contributed by atoms with van der Waals surface area (Å²) in [6.07, 6.45) is -1.47. The van der Waals surface area contributed by atoms with E-state index in [0.29, 0.717) is 16.6 Å². The third-order valence-electron chi connectivity index (χ3n) is 6.36. The van der Waals surface area contributed by atoms with E-state index >= 15 is 0 Å². The number of nitrogens with one attached hydrogen (secondary N) is 4. The van der Waals surface area contributed by atoms with Crippen LogP contribution in [0.2, 0.25) is 0 Å². The van der Waals surface area contributed by atoms with Crippen molar-refractivity contribution < 1.29 is 55.4 Å². The number of rotatable bonds is 17. The maximum Gasteiger partial charge on any atom is 0.408 e. The fourth-order valence-corrected chi connectivity index (χ4v) is 4.39. The number of hydrogen-bond acceptors (Lipinski definition) is 9. The highest BCUT2D eigenvalue weighted by molar-refractivity contribution is 9.10. The predicted octanol–water partition coefficient (Wildman–Crippen LogP) is 2.47. The van der Waals surface area contributed by atoms with Gasteiger partial charge in [-0.3, -0.25) is 19.2 Å². The van der Waals surface area contributed by atoms with Gasteiger partial charge in [0, 0.05) is 35.3 Å². The number of amides is 4. The lowest BCUT2D eigenvalue weighted by Crippen LogP contribution is -2.50. The molecule has 0 aliphatic heterocycles. The lowest BCUT2D eigenvalue weighted by atomic mass is 10.1. The predicted molar refractivity (Wildman–Crippen MR) is 167 cm³/mol. The van der Waals surface area contributed by atoms with Crippen LogP contribution in [-0.4, -0.2) is 86.3 Å². The molecule has 0 aliphatic carbocycles. The maximum atomic E-state index is 13.8. The van der Waals surface area contributed by atoms with Gasteiger partial charge in [0.2, 0.25) is 23.5 Å². The molecule has 4 N–H and O–H groups in total. The number of nitrogens with zero attached hydrogens (tertiary/aromatic N) is 1. The second-order valence-corrected chi connectivity index (χ2v) is 11.4. The summed E-state index contributed by atoms with van der Waals surface area (Å²) in [6, 6.07) is 4.51. The van der Waals surface area contributed by atoms with Gasteiger partial charge in [-0.05, 0) is 26.6 Å². The van der Waals surface area contributed by atoms with Gasteiger partial charge in [0.15, 0.2) is 23.3 Å². The second kappa shape index (κ2) is 19.8. The van der Waals surface area contributed by atoms with Gasteiger partial charge in [-0.2, -0.15) is 12.6 Å². The number of likely N-dealkylation sites (N-methyl/N-ethyl adjacent to an activating group) is 1. The van der Waals surface area contributed by atoms with E-state index in [4.69, 9.17) is 4.74 Å². The molecule has 0 radical (unpaired) electrons. The first kappa shape index (κ1) is 40.2. The first-order valence-corrected chi connectivity index (χ1v) is 15.5. The molecule has 0 bridgehead atoms. The molecule has 2 atom stereocenters. The fourth-order valence-electron chi connectivity index (χ4n) is 3.74. The molecule has 264 valence electrons. The fraction of sp³-hybridized carbons (Fsp3) is 0.414. The van der Waals surface area contributed by atoms with Crippen molar-refractivity contribution in [2.24, 2.45) is 0 Å². The van der Waals surface area contributed by atoms with Gasteiger partial charge in [-0.1, -0.05) is 34.1 Å². The van der Waals surface area contributed by atoms with Gasteiger partial charge in [-0.15, -0.1) is 0 Å². The molecule has 48 heavy (non-hydrogen) atoms. The number of ether oxygens (including phenoxy) is 2. The lowest BCUT2D eigenvalue weighted by Gasteiger charge is -2.20. The van der Waals surface area contributed by atoms with E-state index in [1.165, 1.54) is 0 Å². The van der Waals surface area contributed by atoms with Gasteiger partial charge in [0.1, 0.15) is 31.8 Å². The molecular formula is C29H33BrF5N5O7S. The zero-order valence-corrected chi connectivity index (χ0v) is 28.1. The summed E-state index contributed by atoms with van der Waals surface area (Å²) in [5.74, 6) is -15.0. The summed E-state index contributed by atoms with van der Waals surface area (Å²) in [5, 5.41) is 9.53. The van der Waals surface area contributed by atoms with Crippen LogP contribution in [0.1, 0.15) is 24.0 Å². The van der Waals surface area contributed by atoms with Crippen molar-refractivity contribution in [2.45, 2.75) is 38.1 Å². The molecule has 0 unspecified atom stereocenters. The molecule has 2 aromatic carbocycles. The van der Waals surface area contributed by atoms with Crippen LogP contribution in [0, 0.1) is 29.1 Å². The molecule has 0 saturated heterocycles. The highest BCUT2D eigenvalue weighted by atomic mass is 79.9. The van der Waals surface area contributed by atoms with Crippen LogP contribution in [0.25, 0.3) is 0 Å². The summed E-state index contributed by atoms with van der Waals surface area (Å²) in [4.78, 5) is 64.3. The number of alkyl carbamates (subject to hydrolysis) is 1. The Bertz CT molecular complexity index is 1460. The number of thiol groups is 1. The number of hydrogen-bond donors (Lipinski definition) is 5. The Kier molecular flexibility index (Phi) is 16.5. The largest absolute Gasteiger partial charge is 0.459 e. The van der Waals surface area contributed by atoms with Crippen molar-refractivity contribution in [3.8, 4) is 0 Å². The molecule has 2 rings (SSSR count). The molecule has 12 nitrogen and oxygen atoms in total. The quantitative estimate of drug-likeness (QED) is 0.0541. The van der Waals surface area contributed by atoms with E-state index in [1.54, 1.807) is 38.4 Å². The van der Waals surface area contributed by atoms with E-state index < -0.39 is 89.7 Å². The van der Waals surface area contributed by atoms with Crippen molar-refractivity contribution in [1.82, 2.24) is 26.2 Å². The standard InChI is InChI=1S/C29H33BrF5N5O7S/c1-40(2)10-9-36-27(43)18(39-29(45)47-12-15-5-3-4-6-17(15)30)7-8-20(41)38-19(14-48)28(44)37-11-21(42)46-13-16-22(31)24(33)26(35)25(34)23(16)32/h3-6,18-19,48H,7-14H2,1-2H3,(H,36,43)(H,37,44)(H,38,41)(H,39,45)/t18-,19-/m0/s1. The van der Waals surface area contributed by atoms with E-state index in [-0.39, 0.29) is 31.7 Å². The lowest BCUT2D eigenvalue weighted by molar-refractivity contribution is -0.145. The molecule has 0 saturated carbocycles. The molecule has 0 aromatic heterocycles. The van der Waals surface area contributed by atoms with Crippen LogP contribution in [-0.2, 0) is 41.9 Å². The van der Waals surface area contributed by atoms with Crippen LogP contribution in [0.5, 0.6) is 0 Å². The number of benzene rings is 2. The van der Waals surface area contributed by atoms with Crippen molar-refractivity contribution in [3.63, 3.8) is 0 Å². The smallest absolute Gasteiger partial charge is 0.408 e. The molecule has 0 aliphatic rings. The SMILES string of the molecule is CN(C)CCNC(=O)[C@H](CCC(=O)N[C@@H](CS)C(=O)NCC(=O)OCc1c(F)c(F)c(F)c(F)c1F)NC(=O)OCc1ccccc1Br. The Morgan fingerprint density at radius 2 is 1.44 bits per heavy atom. The molecule has 2 aromatic rings. The zero-order valence-electron chi connectivity index (χ0n) is 25.6. The van der Waals surface area contributed by atoms with Crippen molar-refractivity contribution in [1.29, 1.82) is 0 Å². The van der Waals surface area contributed by atoms with E-state index in [9.17, 15) is 45.9 Å². The second-order valence-electron chi connectivity index (χ2n) is 10.2. The summed E-state index contributed by atoms with van der Waals surface area (Å²) < 4.78 is 77.8. The van der Waals surface area contributed by atoms with Gasteiger partial charge in [-0.25, -0.2) is 26.7 Å². The number of carbonyl (C=O) groups is 5. The van der Waals surface area contributed by atoms with Crippen LogP contribution < -0.4 is 21.3 Å². The Labute approximate surface area is 286 Å². The average Bonchev–Trinajstić information content (AvgIpc) is 3.05. The summed E-state index contributed by atoms with van der Waals surface area (Å²) in [6.45, 7) is -1.58.